The molecular weight excluding hydrogens is 438 g/mol. The molecule has 1 aliphatic carbocycles. The number of thiophene rings is 1. The molecule has 3 heterocycles. The van der Waals surface area contributed by atoms with E-state index in [4.69, 9.17) is 10.2 Å². The summed E-state index contributed by atoms with van der Waals surface area (Å²) in [6, 6.07) is 11.3. The number of aromatic amines is 1. The minimum atomic E-state index is -0.208. The Balaban J connectivity index is 1.64. The molecule has 3 aromatic heterocycles. The van der Waals surface area contributed by atoms with E-state index in [0.29, 0.717) is 10.6 Å². The van der Waals surface area contributed by atoms with E-state index in [1.807, 2.05) is 36.4 Å². The van der Waals surface area contributed by atoms with Gasteiger partial charge in [0, 0.05) is 27.7 Å². The van der Waals surface area contributed by atoms with Gasteiger partial charge in [-0.3, -0.25) is 4.79 Å². The highest BCUT2D eigenvalue weighted by Crippen LogP contribution is 2.43. The second-order valence-electron chi connectivity index (χ2n) is 6.80. The van der Waals surface area contributed by atoms with Crippen LogP contribution >= 0.6 is 27.3 Å². The Hall–Kier alpha value is -2.64. The second-order valence-corrected chi connectivity index (χ2v) is 8.73. The molecule has 0 atom stereocenters. The number of hydrogen-bond acceptors (Lipinski definition) is 4. The number of pyridine rings is 1. The fourth-order valence-electron chi connectivity index (χ4n) is 3.81. The van der Waals surface area contributed by atoms with Crippen LogP contribution in [0.2, 0.25) is 0 Å². The first-order valence-electron chi connectivity index (χ1n) is 9.01. The molecule has 5 nitrogen and oxygen atoms in total. The molecule has 0 saturated carbocycles. The van der Waals surface area contributed by atoms with Gasteiger partial charge in [0.05, 0.1) is 17.3 Å². The molecule has 0 fully saturated rings. The highest BCUT2D eigenvalue weighted by Gasteiger charge is 2.31. The van der Waals surface area contributed by atoms with E-state index in [2.05, 4.69) is 26.2 Å². The number of nitrogens with two attached hydrogens (primary N) is 1. The van der Waals surface area contributed by atoms with Crippen molar-refractivity contribution in [3.05, 3.63) is 63.3 Å². The fraction of sp³-hybridized carbons (Fsp3) is 0.143. The van der Waals surface area contributed by atoms with Crippen LogP contribution in [0.15, 0.2) is 51.6 Å². The number of amides is 1. The van der Waals surface area contributed by atoms with Crippen LogP contribution in [-0.2, 0) is 12.8 Å². The standard InChI is InChI=1S/C21H16BrN3O2S/c22-11-6-8-12(9-7-11)24-20(26)19-18(23)17-16(15-5-2-10-27-15)13-3-1-4-14(13)25-21(17)28-19/h2,5-10H,1,3-4,23H2,(H,24,26)/p+1. The molecule has 0 radical (unpaired) electrons. The maximum absolute atomic E-state index is 12.9. The molecule has 140 valence electrons. The molecule has 28 heavy (non-hydrogen) atoms. The van der Waals surface area contributed by atoms with Crippen LogP contribution in [0.3, 0.4) is 0 Å². The number of nitrogens with one attached hydrogen (secondary N) is 2. The van der Waals surface area contributed by atoms with E-state index in [1.54, 1.807) is 6.26 Å². The number of aromatic nitrogens is 1. The van der Waals surface area contributed by atoms with Crippen molar-refractivity contribution in [2.45, 2.75) is 19.3 Å². The molecule has 4 N–H and O–H groups in total. The Kier molecular flexibility index (Phi) is 4.21. The third-order valence-corrected chi connectivity index (χ3v) is 6.70. The number of fused-ring (bicyclic) bond motifs is 2. The van der Waals surface area contributed by atoms with Crippen LogP contribution in [0.25, 0.3) is 21.5 Å². The van der Waals surface area contributed by atoms with Gasteiger partial charge in [-0.25, -0.2) is 0 Å². The normalized spacial score (nSPS) is 13.0. The lowest BCUT2D eigenvalue weighted by Crippen LogP contribution is -2.12. The second kappa shape index (κ2) is 6.76. The SMILES string of the molecule is Nc1c(C(=O)Nc2ccc(Br)cc2)sc2[nH+]c3c(c(-c4ccco4)c12)CCC3. The number of H-pyrrole nitrogens is 1. The molecule has 0 spiro atoms. The van der Waals surface area contributed by atoms with E-state index in [0.717, 1.165) is 51.0 Å². The summed E-state index contributed by atoms with van der Waals surface area (Å²) >= 11 is 4.79. The molecule has 4 aromatic rings. The lowest BCUT2D eigenvalue weighted by molar-refractivity contribution is -0.353. The van der Waals surface area contributed by atoms with Crippen molar-refractivity contribution in [1.82, 2.24) is 0 Å². The van der Waals surface area contributed by atoms with Crippen LogP contribution < -0.4 is 16.0 Å². The Bertz CT molecular complexity index is 1200. The average Bonchev–Trinajstić information content (AvgIpc) is 3.42. The summed E-state index contributed by atoms with van der Waals surface area (Å²) in [5, 5.41) is 3.81. The minimum Gasteiger partial charge on any atom is -0.464 e. The third kappa shape index (κ3) is 2.82. The quantitative estimate of drug-likeness (QED) is 0.453. The van der Waals surface area contributed by atoms with Crippen molar-refractivity contribution >= 4 is 54.8 Å². The third-order valence-electron chi connectivity index (χ3n) is 5.06. The Morgan fingerprint density at radius 2 is 2.04 bits per heavy atom. The van der Waals surface area contributed by atoms with E-state index >= 15 is 0 Å². The number of carbonyl (C=O) groups excluding carboxylic acids is 1. The largest absolute Gasteiger partial charge is 0.464 e. The lowest BCUT2D eigenvalue weighted by Gasteiger charge is -2.06. The van der Waals surface area contributed by atoms with E-state index in [1.165, 1.54) is 22.6 Å². The van der Waals surface area contributed by atoms with Crippen molar-refractivity contribution in [3.8, 4) is 11.3 Å². The number of nitrogen functional groups attached to an aromatic ring is 1. The van der Waals surface area contributed by atoms with Crippen LogP contribution in [0.1, 0.15) is 27.3 Å². The van der Waals surface area contributed by atoms with Crippen molar-refractivity contribution in [2.75, 3.05) is 11.1 Å². The first kappa shape index (κ1) is 17.5. The first-order chi connectivity index (χ1) is 13.6. The molecule has 7 heteroatoms. The monoisotopic (exact) mass is 454 g/mol. The maximum atomic E-state index is 12.9. The lowest BCUT2D eigenvalue weighted by atomic mass is 10.0. The molecule has 0 saturated heterocycles. The number of carbonyl (C=O) groups is 1. The molecule has 5 rings (SSSR count). The Labute approximate surface area is 173 Å². The van der Waals surface area contributed by atoms with E-state index < -0.39 is 0 Å². The van der Waals surface area contributed by atoms with Crippen molar-refractivity contribution in [2.24, 2.45) is 0 Å². The summed E-state index contributed by atoms with van der Waals surface area (Å²) in [7, 11) is 0. The first-order valence-corrected chi connectivity index (χ1v) is 10.6. The summed E-state index contributed by atoms with van der Waals surface area (Å²) in [5.74, 6) is 0.585. The van der Waals surface area contributed by atoms with Gasteiger partial charge in [-0.2, -0.15) is 4.98 Å². The van der Waals surface area contributed by atoms with Crippen molar-refractivity contribution < 1.29 is 14.2 Å². The highest BCUT2D eigenvalue weighted by atomic mass is 79.9. The van der Waals surface area contributed by atoms with Crippen LogP contribution in [-0.4, -0.2) is 5.91 Å². The maximum Gasteiger partial charge on any atom is 0.271 e. The summed E-state index contributed by atoms with van der Waals surface area (Å²) in [6.07, 6.45) is 4.75. The summed E-state index contributed by atoms with van der Waals surface area (Å²) in [5.41, 5.74) is 11.2. The number of furan rings is 1. The van der Waals surface area contributed by atoms with Gasteiger partial charge in [-0.05, 0) is 49.2 Å². The van der Waals surface area contributed by atoms with Crippen molar-refractivity contribution in [3.63, 3.8) is 0 Å². The van der Waals surface area contributed by atoms with Gasteiger partial charge < -0.3 is 15.5 Å². The molecule has 0 bridgehead atoms. The predicted molar refractivity (Wildman–Crippen MR) is 115 cm³/mol. The van der Waals surface area contributed by atoms with Gasteiger partial charge in [0.25, 0.3) is 10.7 Å². The number of hydrogen-bond donors (Lipinski definition) is 2. The minimum absolute atomic E-state index is 0.208. The fourth-order valence-corrected chi connectivity index (χ4v) is 5.12. The van der Waals surface area contributed by atoms with Gasteiger partial charge in [-0.15, -0.1) is 0 Å². The van der Waals surface area contributed by atoms with Gasteiger partial charge in [0.15, 0.2) is 5.69 Å². The van der Waals surface area contributed by atoms with Gasteiger partial charge in [0.1, 0.15) is 10.6 Å². The number of aryl methyl sites for hydroxylation is 1. The highest BCUT2D eigenvalue weighted by molar-refractivity contribution is 9.10. The molecule has 0 unspecified atom stereocenters. The summed E-state index contributed by atoms with van der Waals surface area (Å²) in [6.45, 7) is 0. The number of rotatable bonds is 3. The molecule has 0 aliphatic heterocycles. The Morgan fingerprint density at radius 3 is 2.79 bits per heavy atom. The van der Waals surface area contributed by atoms with Gasteiger partial charge in [0.2, 0.25) is 0 Å². The van der Waals surface area contributed by atoms with E-state index in [9.17, 15) is 4.79 Å². The van der Waals surface area contributed by atoms with Gasteiger partial charge >= 0.3 is 0 Å². The molecule has 1 aromatic carbocycles. The predicted octanol–water partition coefficient (Wildman–Crippen LogP) is 5.06. The topological polar surface area (TPSA) is 82.4 Å². The van der Waals surface area contributed by atoms with Crippen molar-refractivity contribution in [1.29, 1.82) is 0 Å². The number of benzene rings is 1. The van der Waals surface area contributed by atoms with Crippen LogP contribution in [0.5, 0.6) is 0 Å². The average molecular weight is 455 g/mol. The molecule has 1 amide bonds. The summed E-state index contributed by atoms with van der Waals surface area (Å²) < 4.78 is 6.67. The van der Waals surface area contributed by atoms with Crippen LogP contribution in [0.4, 0.5) is 11.4 Å². The van der Waals surface area contributed by atoms with Crippen LogP contribution in [0, 0.1) is 0 Å². The Morgan fingerprint density at radius 1 is 1.21 bits per heavy atom. The van der Waals surface area contributed by atoms with Gasteiger partial charge in [-0.1, -0.05) is 27.3 Å². The zero-order valence-electron chi connectivity index (χ0n) is 14.8. The summed E-state index contributed by atoms with van der Waals surface area (Å²) in [4.78, 5) is 17.8. The zero-order chi connectivity index (χ0) is 19.3. The van der Waals surface area contributed by atoms with E-state index in [-0.39, 0.29) is 5.91 Å². The number of halogens is 1. The molecular formula is C21H17BrN3O2S+. The molecule has 1 aliphatic rings. The smallest absolute Gasteiger partial charge is 0.271 e. The number of anilines is 2. The zero-order valence-corrected chi connectivity index (χ0v) is 17.2.